The minimum Gasteiger partial charge on any atom is -0.484 e. The third-order valence-electron chi connectivity index (χ3n) is 6.16. The number of anilines is 1. The molecule has 5 nitrogen and oxygen atoms in total. The van der Waals surface area contributed by atoms with Crippen LogP contribution in [0.4, 0.5) is 18.9 Å². The number of piperidine rings is 1. The maximum absolute atomic E-state index is 12.5. The second-order valence-corrected chi connectivity index (χ2v) is 8.20. The molecule has 8 heteroatoms. The summed E-state index contributed by atoms with van der Waals surface area (Å²) >= 11 is 0. The normalized spacial score (nSPS) is 18.3. The molecule has 4 rings (SSSR count). The summed E-state index contributed by atoms with van der Waals surface area (Å²) in [5.74, 6) is 0.464. The molecule has 0 aromatic heterocycles. The number of carbonyl (C=O) groups is 1. The van der Waals surface area contributed by atoms with Crippen LogP contribution in [0.15, 0.2) is 54.6 Å². The van der Waals surface area contributed by atoms with Crippen LogP contribution in [0.2, 0.25) is 0 Å². The molecule has 2 heterocycles. The number of amides is 1. The highest BCUT2D eigenvalue weighted by molar-refractivity contribution is 5.77. The Kier molecular flexibility index (Phi) is 5.98. The Morgan fingerprint density at radius 3 is 2.19 bits per heavy atom. The summed E-state index contributed by atoms with van der Waals surface area (Å²) < 4.78 is 46.5. The molecule has 2 aliphatic heterocycles. The van der Waals surface area contributed by atoms with Crippen molar-refractivity contribution in [1.29, 1.82) is 0 Å². The number of benzene rings is 2. The summed E-state index contributed by atoms with van der Waals surface area (Å²) in [7, 11) is 0. The smallest absolute Gasteiger partial charge is 0.484 e. The summed E-state index contributed by atoms with van der Waals surface area (Å²) in [6.45, 7) is 3.13. The lowest BCUT2D eigenvalue weighted by atomic mass is 9.78. The fraction of sp³-hybridized carbons (Fsp3) is 0.435. The number of hydrogen-bond acceptors (Lipinski definition) is 4. The monoisotopic (exact) mass is 434 g/mol. The lowest BCUT2D eigenvalue weighted by Crippen LogP contribution is -2.45. The van der Waals surface area contributed by atoms with Crippen molar-refractivity contribution in [3.05, 3.63) is 54.6 Å². The quantitative estimate of drug-likeness (QED) is 0.696. The van der Waals surface area contributed by atoms with Crippen molar-refractivity contribution in [3.8, 4) is 11.5 Å². The molecule has 2 aromatic carbocycles. The molecule has 31 heavy (non-hydrogen) atoms. The SMILES string of the molecule is O=C(COc1ccccc1)N1CCC2(CC1)CCN(c1ccc(OC(F)(F)F)cc1)C2. The van der Waals surface area contributed by atoms with Crippen molar-refractivity contribution in [1.82, 2.24) is 4.90 Å². The maximum atomic E-state index is 12.5. The fourth-order valence-electron chi connectivity index (χ4n) is 4.41. The number of rotatable bonds is 5. The number of nitrogens with zero attached hydrogens (tertiary/aromatic N) is 2. The Hall–Kier alpha value is -2.90. The van der Waals surface area contributed by atoms with Gasteiger partial charge in [0.15, 0.2) is 6.61 Å². The second-order valence-electron chi connectivity index (χ2n) is 8.20. The number of ether oxygens (including phenoxy) is 2. The lowest BCUT2D eigenvalue weighted by molar-refractivity contribution is -0.274. The number of hydrogen-bond donors (Lipinski definition) is 0. The second kappa shape index (κ2) is 8.69. The molecule has 1 amide bonds. The molecule has 166 valence electrons. The molecule has 0 radical (unpaired) electrons. The predicted molar refractivity (Wildman–Crippen MR) is 110 cm³/mol. The van der Waals surface area contributed by atoms with E-state index < -0.39 is 6.36 Å². The summed E-state index contributed by atoms with van der Waals surface area (Å²) in [5.41, 5.74) is 1.03. The van der Waals surface area contributed by atoms with Crippen molar-refractivity contribution >= 4 is 11.6 Å². The van der Waals surface area contributed by atoms with E-state index in [4.69, 9.17) is 4.74 Å². The molecule has 1 spiro atoms. The average molecular weight is 434 g/mol. The first-order valence-corrected chi connectivity index (χ1v) is 10.4. The summed E-state index contributed by atoms with van der Waals surface area (Å²) in [4.78, 5) is 16.6. The molecule has 2 aliphatic rings. The molecule has 2 aromatic rings. The van der Waals surface area contributed by atoms with Crippen molar-refractivity contribution in [2.75, 3.05) is 37.7 Å². The van der Waals surface area contributed by atoms with Crippen molar-refractivity contribution in [2.45, 2.75) is 25.6 Å². The highest BCUT2D eigenvalue weighted by Crippen LogP contribution is 2.42. The van der Waals surface area contributed by atoms with Crippen molar-refractivity contribution < 1.29 is 27.4 Å². The van der Waals surface area contributed by atoms with E-state index in [-0.39, 0.29) is 23.7 Å². The van der Waals surface area contributed by atoms with Crippen LogP contribution < -0.4 is 14.4 Å². The number of carbonyl (C=O) groups excluding carboxylic acids is 1. The van der Waals surface area contributed by atoms with Gasteiger partial charge in [-0.15, -0.1) is 13.2 Å². The highest BCUT2D eigenvalue weighted by Gasteiger charge is 2.41. The number of alkyl halides is 3. The van der Waals surface area contributed by atoms with Crippen molar-refractivity contribution in [3.63, 3.8) is 0 Å². The van der Waals surface area contributed by atoms with Crippen molar-refractivity contribution in [2.24, 2.45) is 5.41 Å². The summed E-state index contributed by atoms with van der Waals surface area (Å²) in [5, 5.41) is 0. The predicted octanol–water partition coefficient (Wildman–Crippen LogP) is 4.48. The third kappa shape index (κ3) is 5.42. The van der Waals surface area contributed by atoms with Gasteiger partial charge < -0.3 is 19.3 Å². The van der Waals surface area contributed by atoms with Gasteiger partial charge in [0.05, 0.1) is 0 Å². The molecule has 0 N–H and O–H groups in total. The highest BCUT2D eigenvalue weighted by atomic mass is 19.4. The minimum atomic E-state index is -4.68. The lowest BCUT2D eigenvalue weighted by Gasteiger charge is -2.39. The zero-order chi connectivity index (χ0) is 21.9. The van der Waals surface area contributed by atoms with Gasteiger partial charge in [0.1, 0.15) is 11.5 Å². The van der Waals surface area contributed by atoms with E-state index in [0.29, 0.717) is 18.8 Å². The van der Waals surface area contributed by atoms with Gasteiger partial charge >= 0.3 is 6.36 Å². The van der Waals surface area contributed by atoms with Crippen LogP contribution in [-0.2, 0) is 4.79 Å². The van der Waals surface area contributed by atoms with Gasteiger partial charge in [-0.05, 0) is 61.1 Å². The Balaban J connectivity index is 1.27. The molecule has 0 saturated carbocycles. The number of para-hydroxylation sites is 1. The topological polar surface area (TPSA) is 42.0 Å². The molecular weight excluding hydrogens is 409 g/mol. The van der Waals surface area contributed by atoms with Gasteiger partial charge in [0.2, 0.25) is 0 Å². The zero-order valence-electron chi connectivity index (χ0n) is 17.1. The molecule has 0 unspecified atom stereocenters. The van der Waals surface area contributed by atoms with E-state index in [2.05, 4.69) is 9.64 Å². The van der Waals surface area contributed by atoms with E-state index in [0.717, 1.165) is 38.0 Å². The van der Waals surface area contributed by atoms with E-state index in [1.165, 1.54) is 12.1 Å². The summed E-state index contributed by atoms with van der Waals surface area (Å²) in [6, 6.07) is 15.3. The zero-order valence-corrected chi connectivity index (χ0v) is 17.1. The van der Waals surface area contributed by atoms with Gasteiger partial charge in [-0.3, -0.25) is 4.79 Å². The third-order valence-corrected chi connectivity index (χ3v) is 6.16. The number of halogens is 3. The van der Waals surface area contributed by atoms with Gasteiger partial charge in [0.25, 0.3) is 5.91 Å². The first-order valence-electron chi connectivity index (χ1n) is 10.4. The number of likely N-dealkylation sites (tertiary alicyclic amines) is 1. The van der Waals surface area contributed by atoms with E-state index in [9.17, 15) is 18.0 Å². The largest absolute Gasteiger partial charge is 0.573 e. The van der Waals surface area contributed by atoms with Gasteiger partial charge in [-0.2, -0.15) is 0 Å². The van der Waals surface area contributed by atoms with Crippen LogP contribution >= 0.6 is 0 Å². The van der Waals surface area contributed by atoms with Gasteiger partial charge in [0, 0.05) is 31.9 Å². The van der Waals surface area contributed by atoms with E-state index >= 15 is 0 Å². The Bertz CT molecular complexity index is 879. The van der Waals surface area contributed by atoms with Crippen LogP contribution in [0, 0.1) is 5.41 Å². The molecular formula is C23H25F3N2O3. The average Bonchev–Trinajstić information content (AvgIpc) is 3.16. The molecule has 2 saturated heterocycles. The van der Waals surface area contributed by atoms with E-state index in [1.54, 1.807) is 12.1 Å². The van der Waals surface area contributed by atoms with Crippen LogP contribution in [0.5, 0.6) is 11.5 Å². The first-order chi connectivity index (χ1) is 14.8. The van der Waals surface area contributed by atoms with Gasteiger partial charge in [-0.25, -0.2) is 0 Å². The Morgan fingerprint density at radius 2 is 1.55 bits per heavy atom. The molecule has 0 aliphatic carbocycles. The summed E-state index contributed by atoms with van der Waals surface area (Å²) in [6.07, 6.45) is -1.85. The standard InChI is InChI=1S/C23H25F3N2O3/c24-23(25,26)31-20-8-6-18(7-9-20)28-15-12-22(17-28)10-13-27(14-11-22)21(29)16-30-19-4-2-1-3-5-19/h1-9H,10-17H2. The molecule has 2 fully saturated rings. The van der Waals surface area contributed by atoms with Crippen LogP contribution in [0.1, 0.15) is 19.3 Å². The Labute approximate surface area is 179 Å². The molecule has 0 bridgehead atoms. The molecule has 0 atom stereocenters. The van der Waals surface area contributed by atoms with Gasteiger partial charge in [-0.1, -0.05) is 18.2 Å². The van der Waals surface area contributed by atoms with E-state index in [1.807, 2.05) is 35.2 Å². The fourth-order valence-corrected chi connectivity index (χ4v) is 4.41. The first kappa shape index (κ1) is 21.3. The van der Waals surface area contributed by atoms with Crippen LogP contribution in [0.3, 0.4) is 0 Å². The van der Waals surface area contributed by atoms with Crippen LogP contribution in [-0.4, -0.2) is 50.0 Å². The Morgan fingerprint density at radius 1 is 0.903 bits per heavy atom. The minimum absolute atomic E-state index is 0.00573. The van der Waals surface area contributed by atoms with Crippen LogP contribution in [0.25, 0.3) is 0 Å². The maximum Gasteiger partial charge on any atom is 0.573 e.